The van der Waals surface area contributed by atoms with Gasteiger partial charge in [-0.05, 0) is 63.2 Å². The van der Waals surface area contributed by atoms with Crippen LogP contribution in [-0.4, -0.2) is 11.8 Å². The Balaban J connectivity index is 2.57. The molecule has 3 nitrogen and oxygen atoms in total. The summed E-state index contributed by atoms with van der Waals surface area (Å²) in [4.78, 5) is 0. The first-order valence-electron chi connectivity index (χ1n) is 7.76. The minimum atomic E-state index is -3.62. The van der Waals surface area contributed by atoms with Gasteiger partial charge in [0.25, 0.3) is 7.37 Å². The molecule has 6 heteroatoms. The first kappa shape index (κ1) is 19.2. The van der Waals surface area contributed by atoms with Crippen molar-refractivity contribution in [2.24, 2.45) is 0 Å². The molecule has 0 saturated heterocycles. The number of hydrogen-bond donors (Lipinski definition) is 0. The van der Waals surface area contributed by atoms with Crippen molar-refractivity contribution in [2.75, 3.05) is 6.61 Å². The summed E-state index contributed by atoms with van der Waals surface area (Å²) in [6.45, 7) is 8.96. The van der Waals surface area contributed by atoms with Crippen LogP contribution in [0.5, 0.6) is 11.5 Å². The Morgan fingerprint density at radius 2 is 1.68 bits per heavy atom. The molecule has 2 rings (SSSR count). The number of halogens is 2. The Kier molecular flexibility index (Phi) is 5.69. The minimum Gasteiger partial charge on any atom is -0.489 e. The van der Waals surface area contributed by atoms with Gasteiger partial charge in [-0.3, -0.25) is 4.57 Å². The van der Waals surface area contributed by atoms with E-state index in [1.165, 1.54) is 42.5 Å². The molecule has 0 spiro atoms. The largest absolute Gasteiger partial charge is 0.489 e. The van der Waals surface area contributed by atoms with Gasteiger partial charge in [0.05, 0.1) is 10.5 Å². The van der Waals surface area contributed by atoms with Crippen molar-refractivity contribution >= 4 is 12.7 Å². The summed E-state index contributed by atoms with van der Waals surface area (Å²) in [7, 11) is -3.62. The molecule has 1 unspecified atom stereocenters. The summed E-state index contributed by atoms with van der Waals surface area (Å²) >= 11 is 0. The fraction of sp³-hybridized carbons (Fsp3) is 0.263. The third kappa shape index (κ3) is 4.29. The van der Waals surface area contributed by atoms with Crippen LogP contribution in [0.3, 0.4) is 0 Å². The van der Waals surface area contributed by atoms with Crippen molar-refractivity contribution in [3.8, 4) is 11.5 Å². The lowest BCUT2D eigenvalue weighted by atomic mass is 10.3. The van der Waals surface area contributed by atoms with E-state index >= 15 is 0 Å². The second-order valence-corrected chi connectivity index (χ2v) is 9.59. The van der Waals surface area contributed by atoms with Gasteiger partial charge in [0.15, 0.2) is 0 Å². The highest BCUT2D eigenvalue weighted by Crippen LogP contribution is 2.58. The second kappa shape index (κ2) is 7.40. The van der Waals surface area contributed by atoms with Crippen LogP contribution in [0.1, 0.15) is 20.8 Å². The molecule has 2 aromatic carbocycles. The Morgan fingerprint density at radius 1 is 1.08 bits per heavy atom. The molecular weight excluding hydrogens is 345 g/mol. The van der Waals surface area contributed by atoms with Crippen LogP contribution in [0.25, 0.3) is 0 Å². The quantitative estimate of drug-likeness (QED) is 0.513. The van der Waals surface area contributed by atoms with Crippen LogP contribution >= 0.6 is 7.37 Å². The van der Waals surface area contributed by atoms with Gasteiger partial charge < -0.3 is 9.26 Å². The van der Waals surface area contributed by atoms with E-state index in [9.17, 15) is 13.3 Å². The Hall–Kier alpha value is -2.13. The molecular formula is C19H21F2O3P. The van der Waals surface area contributed by atoms with E-state index in [1.54, 1.807) is 20.8 Å². The average molecular weight is 366 g/mol. The molecule has 0 aliphatic rings. The van der Waals surface area contributed by atoms with Crippen molar-refractivity contribution < 1.29 is 22.6 Å². The smallest absolute Gasteiger partial charge is 0.286 e. The molecule has 0 bridgehead atoms. The van der Waals surface area contributed by atoms with Crippen LogP contribution in [0.2, 0.25) is 0 Å². The third-order valence-corrected chi connectivity index (χ3v) is 6.74. The van der Waals surface area contributed by atoms with Gasteiger partial charge in [0, 0.05) is 0 Å². The van der Waals surface area contributed by atoms with Crippen molar-refractivity contribution in [1.29, 1.82) is 0 Å². The van der Waals surface area contributed by atoms with E-state index in [0.717, 1.165) is 6.07 Å². The standard InChI is InChI=1S/C19H21F2O3P/c1-5-12-23-17-11-8-15(21)13-18(17)25(22,19(2,3)4)24-16-9-6-14(20)7-10-16/h5-11,13H,1,12H2,2-4H3. The molecule has 25 heavy (non-hydrogen) atoms. The van der Waals surface area contributed by atoms with Crippen molar-refractivity contribution in [2.45, 2.75) is 25.9 Å². The second-order valence-electron chi connectivity index (χ2n) is 6.48. The summed E-state index contributed by atoms with van der Waals surface area (Å²) in [6, 6.07) is 9.00. The van der Waals surface area contributed by atoms with Crippen LogP contribution in [0, 0.1) is 11.6 Å². The topological polar surface area (TPSA) is 35.5 Å². The van der Waals surface area contributed by atoms with Crippen molar-refractivity contribution in [1.82, 2.24) is 0 Å². The highest BCUT2D eigenvalue weighted by molar-refractivity contribution is 7.69. The molecule has 0 fully saturated rings. The Bertz CT molecular complexity index is 795. The predicted octanol–water partition coefficient (Wildman–Crippen LogP) is 5.31. The zero-order valence-corrected chi connectivity index (χ0v) is 15.4. The van der Waals surface area contributed by atoms with Gasteiger partial charge in [-0.15, -0.1) is 0 Å². The SMILES string of the molecule is C=CCOc1ccc(F)cc1P(=O)(Oc1ccc(F)cc1)C(C)(C)C. The number of rotatable bonds is 6. The molecule has 0 aliphatic heterocycles. The predicted molar refractivity (Wildman–Crippen MR) is 96.1 cm³/mol. The lowest BCUT2D eigenvalue weighted by Gasteiger charge is -2.32. The molecule has 0 saturated carbocycles. The van der Waals surface area contributed by atoms with Crippen LogP contribution in [0.4, 0.5) is 8.78 Å². The molecule has 1 atom stereocenters. The van der Waals surface area contributed by atoms with Crippen LogP contribution in [0.15, 0.2) is 55.1 Å². The third-order valence-electron chi connectivity index (χ3n) is 3.53. The van der Waals surface area contributed by atoms with Gasteiger partial charge in [0.2, 0.25) is 0 Å². The fourth-order valence-corrected chi connectivity index (χ4v) is 4.42. The number of benzene rings is 2. The maximum absolute atomic E-state index is 13.9. The lowest BCUT2D eigenvalue weighted by Crippen LogP contribution is -2.28. The van der Waals surface area contributed by atoms with Gasteiger partial charge in [0.1, 0.15) is 29.7 Å². The van der Waals surface area contributed by atoms with E-state index < -0.39 is 24.2 Å². The molecule has 0 amide bonds. The Morgan fingerprint density at radius 3 is 2.24 bits per heavy atom. The normalized spacial score (nSPS) is 13.8. The van der Waals surface area contributed by atoms with Gasteiger partial charge in [-0.25, -0.2) is 8.78 Å². The lowest BCUT2D eigenvalue weighted by molar-refractivity contribution is 0.364. The van der Waals surface area contributed by atoms with Gasteiger partial charge in [-0.2, -0.15) is 0 Å². The zero-order valence-electron chi connectivity index (χ0n) is 14.5. The zero-order chi connectivity index (χ0) is 18.7. The van der Waals surface area contributed by atoms with Gasteiger partial charge in [-0.1, -0.05) is 12.7 Å². The van der Waals surface area contributed by atoms with E-state index in [0.29, 0.717) is 0 Å². The van der Waals surface area contributed by atoms with E-state index in [4.69, 9.17) is 9.26 Å². The first-order valence-corrected chi connectivity index (χ1v) is 9.39. The first-order chi connectivity index (χ1) is 11.7. The van der Waals surface area contributed by atoms with E-state index in [-0.39, 0.29) is 23.4 Å². The summed E-state index contributed by atoms with van der Waals surface area (Å²) in [5.74, 6) is -0.480. The molecule has 134 valence electrons. The fourth-order valence-electron chi connectivity index (χ4n) is 2.18. The van der Waals surface area contributed by atoms with Crippen molar-refractivity contribution in [3.05, 3.63) is 66.8 Å². The highest BCUT2D eigenvalue weighted by Gasteiger charge is 2.43. The minimum absolute atomic E-state index is 0.145. The number of ether oxygens (including phenoxy) is 1. The maximum atomic E-state index is 13.9. The molecule has 0 aliphatic carbocycles. The molecule has 0 radical (unpaired) electrons. The number of hydrogen-bond acceptors (Lipinski definition) is 3. The molecule has 0 aromatic heterocycles. The van der Waals surface area contributed by atoms with E-state index in [2.05, 4.69) is 6.58 Å². The van der Waals surface area contributed by atoms with E-state index in [1.807, 2.05) is 0 Å². The Labute approximate surface area is 146 Å². The average Bonchev–Trinajstić information content (AvgIpc) is 2.54. The maximum Gasteiger partial charge on any atom is 0.286 e. The highest BCUT2D eigenvalue weighted by atomic mass is 31.2. The summed E-state index contributed by atoms with van der Waals surface area (Å²) in [5.41, 5.74) is 0. The van der Waals surface area contributed by atoms with Crippen LogP contribution < -0.4 is 14.6 Å². The summed E-state index contributed by atoms with van der Waals surface area (Å²) < 4.78 is 52.2. The van der Waals surface area contributed by atoms with Crippen molar-refractivity contribution in [3.63, 3.8) is 0 Å². The van der Waals surface area contributed by atoms with Gasteiger partial charge >= 0.3 is 0 Å². The molecule has 0 heterocycles. The summed E-state index contributed by atoms with van der Waals surface area (Å²) in [5, 5.41) is -0.701. The molecule has 0 N–H and O–H groups in total. The summed E-state index contributed by atoms with van der Waals surface area (Å²) in [6.07, 6.45) is 1.54. The monoisotopic (exact) mass is 366 g/mol. The molecule has 2 aromatic rings. The van der Waals surface area contributed by atoms with Crippen LogP contribution in [-0.2, 0) is 4.57 Å².